The highest BCUT2D eigenvalue weighted by Crippen LogP contribution is 2.37. The first-order chi connectivity index (χ1) is 12.2. The Morgan fingerprint density at radius 3 is 2.72 bits per heavy atom. The zero-order chi connectivity index (χ0) is 17.6. The summed E-state index contributed by atoms with van der Waals surface area (Å²) in [7, 11) is 1.51. The van der Waals surface area contributed by atoms with Gasteiger partial charge in [0.1, 0.15) is 6.61 Å². The lowest BCUT2D eigenvalue weighted by Gasteiger charge is -2.07. The number of methoxy groups -OCH3 is 1. The van der Waals surface area contributed by atoms with E-state index in [4.69, 9.17) is 16.3 Å². The lowest BCUT2D eigenvalue weighted by Crippen LogP contribution is -2.29. The van der Waals surface area contributed by atoms with Crippen molar-refractivity contribution in [2.24, 2.45) is 0 Å². The molecule has 0 aliphatic carbocycles. The largest absolute Gasteiger partial charge is 0.375 e. The van der Waals surface area contributed by atoms with Crippen molar-refractivity contribution in [3.63, 3.8) is 0 Å². The summed E-state index contributed by atoms with van der Waals surface area (Å²) in [6.07, 6.45) is 0. The fourth-order valence-corrected chi connectivity index (χ4v) is 3.79. The average Bonchev–Trinajstić information content (AvgIpc) is 2.98. The number of hydrogen-bond acceptors (Lipinski definition) is 3. The fraction of sp³-hybridized carbons (Fsp3) is 0.211. The molecule has 3 rings (SSSR count). The molecule has 0 radical (unpaired) electrons. The van der Waals surface area contributed by atoms with Gasteiger partial charge in [-0.3, -0.25) is 4.79 Å². The van der Waals surface area contributed by atoms with Gasteiger partial charge in [0.2, 0.25) is 5.91 Å². The molecule has 0 atom stereocenters. The first-order valence-electron chi connectivity index (χ1n) is 7.94. The summed E-state index contributed by atoms with van der Waals surface area (Å²) in [4.78, 5) is 16.2. The normalized spacial score (nSPS) is 11.0. The Bertz CT molecular complexity index is 861. The quantitative estimate of drug-likeness (QED) is 0.477. The Morgan fingerprint density at radius 2 is 1.96 bits per heavy atom. The molecule has 0 aliphatic heterocycles. The van der Waals surface area contributed by atoms with Gasteiger partial charge in [0, 0.05) is 40.2 Å². The van der Waals surface area contributed by atoms with Crippen LogP contribution in [0, 0.1) is 0 Å². The molecule has 0 saturated heterocycles. The molecular formula is C19H19ClN2O2S. The third-order valence-corrected chi connectivity index (χ3v) is 5.11. The number of para-hydroxylation sites is 1. The molecule has 0 bridgehead atoms. The molecule has 130 valence electrons. The highest BCUT2D eigenvalue weighted by Gasteiger charge is 2.13. The zero-order valence-corrected chi connectivity index (χ0v) is 15.4. The second-order valence-corrected chi connectivity index (χ2v) is 7.05. The number of carbonyl (C=O) groups is 1. The molecular weight excluding hydrogens is 356 g/mol. The van der Waals surface area contributed by atoms with Gasteiger partial charge in [-0.25, -0.2) is 0 Å². The van der Waals surface area contributed by atoms with Gasteiger partial charge in [-0.2, -0.15) is 0 Å². The number of benzene rings is 2. The minimum absolute atomic E-state index is 0.0910. The number of halogens is 1. The van der Waals surface area contributed by atoms with E-state index in [0.717, 1.165) is 27.5 Å². The van der Waals surface area contributed by atoms with Crippen molar-refractivity contribution in [1.29, 1.82) is 0 Å². The summed E-state index contributed by atoms with van der Waals surface area (Å²) in [6, 6.07) is 16.0. The highest BCUT2D eigenvalue weighted by atomic mass is 35.5. The summed E-state index contributed by atoms with van der Waals surface area (Å²) in [5.41, 5.74) is 3.26. The predicted molar refractivity (Wildman–Crippen MR) is 104 cm³/mol. The van der Waals surface area contributed by atoms with E-state index in [1.54, 1.807) is 11.8 Å². The summed E-state index contributed by atoms with van der Waals surface area (Å²) in [5.74, 6) is 0.678. The number of amides is 1. The standard InChI is InChI=1S/C19H19ClN2O2S/c1-24-12-17(23)21-10-11-25-19-15-4-2-3-5-16(15)22-18(19)13-6-8-14(20)9-7-13/h2-9,22H,10-12H2,1H3,(H,21,23). The number of rotatable bonds is 7. The maximum absolute atomic E-state index is 11.5. The van der Waals surface area contributed by atoms with Crippen molar-refractivity contribution in [2.45, 2.75) is 4.90 Å². The monoisotopic (exact) mass is 374 g/mol. The third-order valence-electron chi connectivity index (χ3n) is 3.74. The third kappa shape index (κ3) is 4.37. The topological polar surface area (TPSA) is 54.1 Å². The molecule has 1 heterocycles. The van der Waals surface area contributed by atoms with Gasteiger partial charge in [-0.05, 0) is 23.8 Å². The minimum Gasteiger partial charge on any atom is -0.375 e. The van der Waals surface area contributed by atoms with Gasteiger partial charge in [-0.1, -0.05) is 41.9 Å². The molecule has 0 saturated carbocycles. The lowest BCUT2D eigenvalue weighted by atomic mass is 10.1. The van der Waals surface area contributed by atoms with Gasteiger partial charge in [0.25, 0.3) is 0 Å². The van der Waals surface area contributed by atoms with E-state index in [9.17, 15) is 4.79 Å². The predicted octanol–water partition coefficient (Wildman–Crippen LogP) is 4.34. The lowest BCUT2D eigenvalue weighted by molar-refractivity contribution is -0.124. The van der Waals surface area contributed by atoms with Crippen LogP contribution in [0.4, 0.5) is 0 Å². The van der Waals surface area contributed by atoms with Crippen LogP contribution in [-0.4, -0.2) is 36.9 Å². The van der Waals surface area contributed by atoms with E-state index in [1.165, 1.54) is 17.4 Å². The SMILES string of the molecule is COCC(=O)NCCSc1c(-c2ccc(Cl)cc2)[nH]c2ccccc12. The van der Waals surface area contributed by atoms with Gasteiger partial charge in [-0.15, -0.1) is 11.8 Å². The maximum atomic E-state index is 11.5. The Balaban J connectivity index is 1.81. The fourth-order valence-electron chi connectivity index (χ4n) is 2.61. The Kier molecular flexibility index (Phi) is 6.02. The van der Waals surface area contributed by atoms with Gasteiger partial charge in [0.05, 0.1) is 5.69 Å². The van der Waals surface area contributed by atoms with Crippen molar-refractivity contribution in [2.75, 3.05) is 26.0 Å². The summed E-state index contributed by atoms with van der Waals surface area (Å²) in [6.45, 7) is 0.681. The molecule has 4 nitrogen and oxygen atoms in total. The summed E-state index contributed by atoms with van der Waals surface area (Å²) in [5, 5.41) is 4.75. The van der Waals surface area contributed by atoms with E-state index in [2.05, 4.69) is 22.4 Å². The van der Waals surface area contributed by atoms with E-state index in [-0.39, 0.29) is 12.5 Å². The van der Waals surface area contributed by atoms with E-state index >= 15 is 0 Å². The van der Waals surface area contributed by atoms with Crippen LogP contribution in [-0.2, 0) is 9.53 Å². The number of aromatic nitrogens is 1. The van der Waals surface area contributed by atoms with Gasteiger partial charge in [0.15, 0.2) is 0 Å². The molecule has 3 aromatic rings. The molecule has 25 heavy (non-hydrogen) atoms. The van der Waals surface area contributed by atoms with Crippen LogP contribution in [0.25, 0.3) is 22.2 Å². The van der Waals surface area contributed by atoms with Crippen molar-refractivity contribution in [3.8, 4) is 11.3 Å². The average molecular weight is 375 g/mol. The summed E-state index contributed by atoms with van der Waals surface area (Å²) >= 11 is 7.73. The number of fused-ring (bicyclic) bond motifs is 1. The zero-order valence-electron chi connectivity index (χ0n) is 13.8. The number of H-pyrrole nitrogens is 1. The van der Waals surface area contributed by atoms with E-state index in [1.807, 2.05) is 36.4 Å². The van der Waals surface area contributed by atoms with Crippen LogP contribution in [0.1, 0.15) is 0 Å². The first-order valence-corrected chi connectivity index (χ1v) is 9.30. The number of aromatic amines is 1. The molecule has 0 aliphatic rings. The van der Waals surface area contributed by atoms with Crippen molar-refractivity contribution >= 4 is 40.2 Å². The van der Waals surface area contributed by atoms with Crippen molar-refractivity contribution < 1.29 is 9.53 Å². The minimum atomic E-state index is -0.0973. The van der Waals surface area contributed by atoms with Crippen LogP contribution >= 0.6 is 23.4 Å². The number of nitrogens with one attached hydrogen (secondary N) is 2. The molecule has 6 heteroatoms. The number of carbonyl (C=O) groups excluding carboxylic acids is 1. The molecule has 0 fully saturated rings. The second-order valence-electron chi connectivity index (χ2n) is 5.51. The maximum Gasteiger partial charge on any atom is 0.246 e. The molecule has 1 amide bonds. The highest BCUT2D eigenvalue weighted by molar-refractivity contribution is 7.99. The summed E-state index contributed by atoms with van der Waals surface area (Å²) < 4.78 is 4.82. The van der Waals surface area contributed by atoms with Crippen LogP contribution in [0.3, 0.4) is 0 Å². The van der Waals surface area contributed by atoms with Crippen LogP contribution in [0.2, 0.25) is 5.02 Å². The number of ether oxygens (including phenoxy) is 1. The van der Waals surface area contributed by atoms with Crippen molar-refractivity contribution in [1.82, 2.24) is 10.3 Å². The van der Waals surface area contributed by atoms with E-state index < -0.39 is 0 Å². The van der Waals surface area contributed by atoms with E-state index in [0.29, 0.717) is 6.54 Å². The molecule has 1 aromatic heterocycles. The number of hydrogen-bond donors (Lipinski definition) is 2. The number of thioether (sulfide) groups is 1. The first kappa shape index (κ1) is 17.9. The van der Waals surface area contributed by atoms with Gasteiger partial charge >= 0.3 is 0 Å². The molecule has 0 spiro atoms. The van der Waals surface area contributed by atoms with Crippen LogP contribution in [0.5, 0.6) is 0 Å². The molecule has 2 aromatic carbocycles. The second kappa shape index (κ2) is 8.43. The van der Waals surface area contributed by atoms with Gasteiger partial charge < -0.3 is 15.0 Å². The smallest absolute Gasteiger partial charge is 0.246 e. The molecule has 0 unspecified atom stereocenters. The Labute approximate surface area is 155 Å². The Morgan fingerprint density at radius 1 is 1.20 bits per heavy atom. The Hall–Kier alpha value is -1.95. The van der Waals surface area contributed by atoms with Crippen molar-refractivity contribution in [3.05, 3.63) is 53.6 Å². The molecule has 2 N–H and O–H groups in total. The van der Waals surface area contributed by atoms with Crippen LogP contribution < -0.4 is 5.32 Å². The van der Waals surface area contributed by atoms with Crippen LogP contribution in [0.15, 0.2) is 53.4 Å².